The van der Waals surface area contributed by atoms with Crippen molar-refractivity contribution in [2.45, 2.75) is 17.6 Å². The SMILES string of the molecule is CSc1cncc(NCC(C)(O)C(=O)O)n1. The number of aliphatic hydroxyl groups is 1. The first-order valence-electron chi connectivity index (χ1n) is 4.51. The normalized spacial score (nSPS) is 14.2. The van der Waals surface area contributed by atoms with Gasteiger partial charge >= 0.3 is 5.97 Å². The molecule has 6 nitrogen and oxygen atoms in total. The molecule has 0 bridgehead atoms. The van der Waals surface area contributed by atoms with E-state index in [2.05, 4.69) is 15.3 Å². The van der Waals surface area contributed by atoms with Crippen molar-refractivity contribution in [2.24, 2.45) is 0 Å². The summed E-state index contributed by atoms with van der Waals surface area (Å²) < 4.78 is 0. The van der Waals surface area contributed by atoms with Crippen LogP contribution in [-0.2, 0) is 4.79 Å². The van der Waals surface area contributed by atoms with Crippen LogP contribution in [0.4, 0.5) is 5.82 Å². The summed E-state index contributed by atoms with van der Waals surface area (Å²) in [6.07, 6.45) is 4.93. The van der Waals surface area contributed by atoms with Crippen molar-refractivity contribution in [3.05, 3.63) is 12.4 Å². The van der Waals surface area contributed by atoms with E-state index in [0.29, 0.717) is 5.82 Å². The van der Waals surface area contributed by atoms with Gasteiger partial charge in [-0.2, -0.15) is 0 Å². The fraction of sp³-hybridized carbons (Fsp3) is 0.444. The number of carbonyl (C=O) groups is 1. The molecule has 0 spiro atoms. The van der Waals surface area contributed by atoms with Gasteiger partial charge in [-0.25, -0.2) is 9.78 Å². The van der Waals surface area contributed by atoms with Crippen LogP contribution in [0.5, 0.6) is 0 Å². The number of hydrogen-bond acceptors (Lipinski definition) is 6. The highest BCUT2D eigenvalue weighted by molar-refractivity contribution is 7.98. The lowest BCUT2D eigenvalue weighted by molar-refractivity contribution is -0.155. The lowest BCUT2D eigenvalue weighted by Gasteiger charge is -2.18. The van der Waals surface area contributed by atoms with Crippen molar-refractivity contribution in [1.82, 2.24) is 9.97 Å². The molecule has 0 aliphatic heterocycles. The van der Waals surface area contributed by atoms with E-state index in [-0.39, 0.29) is 6.54 Å². The molecule has 0 aliphatic carbocycles. The molecule has 1 atom stereocenters. The number of carboxylic acids is 1. The summed E-state index contributed by atoms with van der Waals surface area (Å²) in [6.45, 7) is 1.09. The molecule has 1 rings (SSSR count). The number of aromatic nitrogens is 2. The van der Waals surface area contributed by atoms with Crippen LogP contribution in [0.1, 0.15) is 6.92 Å². The van der Waals surface area contributed by atoms with E-state index in [1.165, 1.54) is 24.9 Å². The van der Waals surface area contributed by atoms with Gasteiger partial charge in [0, 0.05) is 0 Å². The van der Waals surface area contributed by atoms with E-state index in [9.17, 15) is 9.90 Å². The fourth-order valence-corrected chi connectivity index (χ4v) is 1.23. The van der Waals surface area contributed by atoms with E-state index >= 15 is 0 Å². The third-order valence-corrected chi connectivity index (χ3v) is 2.51. The Morgan fingerprint density at radius 3 is 2.88 bits per heavy atom. The largest absolute Gasteiger partial charge is 0.479 e. The zero-order valence-corrected chi connectivity index (χ0v) is 9.78. The van der Waals surface area contributed by atoms with Crippen molar-refractivity contribution >= 4 is 23.5 Å². The maximum absolute atomic E-state index is 10.6. The summed E-state index contributed by atoms with van der Waals surface area (Å²) >= 11 is 1.43. The minimum Gasteiger partial charge on any atom is -0.479 e. The van der Waals surface area contributed by atoms with Gasteiger partial charge in [0.05, 0.1) is 18.9 Å². The summed E-state index contributed by atoms with van der Waals surface area (Å²) in [5.74, 6) is -0.845. The molecule has 16 heavy (non-hydrogen) atoms. The molecule has 0 fully saturated rings. The first kappa shape index (κ1) is 12.7. The van der Waals surface area contributed by atoms with Crippen LogP contribution in [0.25, 0.3) is 0 Å². The van der Waals surface area contributed by atoms with Crippen LogP contribution < -0.4 is 5.32 Å². The van der Waals surface area contributed by atoms with E-state index in [0.717, 1.165) is 5.03 Å². The topological polar surface area (TPSA) is 95.3 Å². The lowest BCUT2D eigenvalue weighted by Crippen LogP contribution is -2.41. The van der Waals surface area contributed by atoms with E-state index in [1.54, 1.807) is 6.20 Å². The second-order valence-electron chi connectivity index (χ2n) is 3.38. The van der Waals surface area contributed by atoms with Gasteiger partial charge in [-0.1, -0.05) is 0 Å². The predicted octanol–water partition coefficient (Wildman–Crippen LogP) is 0.446. The molecule has 1 aromatic heterocycles. The molecule has 1 unspecified atom stereocenters. The highest BCUT2D eigenvalue weighted by atomic mass is 32.2. The van der Waals surface area contributed by atoms with E-state index < -0.39 is 11.6 Å². The lowest BCUT2D eigenvalue weighted by atomic mass is 10.1. The Morgan fingerprint density at radius 2 is 2.31 bits per heavy atom. The Bertz CT molecular complexity index is 384. The Balaban J connectivity index is 2.64. The molecule has 0 aliphatic rings. The number of nitrogens with zero attached hydrogens (tertiary/aromatic N) is 2. The molecule has 1 aromatic rings. The molecular formula is C9H13N3O3S. The molecule has 0 saturated heterocycles. The molecule has 0 amide bonds. The van der Waals surface area contributed by atoms with Gasteiger partial charge in [-0.15, -0.1) is 11.8 Å². The van der Waals surface area contributed by atoms with Gasteiger partial charge in [0.2, 0.25) is 0 Å². The van der Waals surface area contributed by atoms with Gasteiger partial charge in [0.15, 0.2) is 5.60 Å². The summed E-state index contributed by atoms with van der Waals surface area (Å²) in [7, 11) is 0. The highest BCUT2D eigenvalue weighted by Gasteiger charge is 2.29. The van der Waals surface area contributed by atoms with Crippen molar-refractivity contribution in [2.75, 3.05) is 18.1 Å². The summed E-state index contributed by atoms with van der Waals surface area (Å²) in [5.41, 5.74) is -1.82. The first-order chi connectivity index (χ1) is 7.45. The van der Waals surface area contributed by atoms with Crippen LogP contribution >= 0.6 is 11.8 Å². The summed E-state index contributed by atoms with van der Waals surface area (Å²) in [6, 6.07) is 0. The number of hydrogen-bond donors (Lipinski definition) is 3. The smallest absolute Gasteiger partial charge is 0.337 e. The maximum Gasteiger partial charge on any atom is 0.337 e. The maximum atomic E-state index is 10.6. The molecule has 1 heterocycles. The van der Waals surface area contributed by atoms with Crippen molar-refractivity contribution in [1.29, 1.82) is 0 Å². The molecule has 0 saturated carbocycles. The monoisotopic (exact) mass is 243 g/mol. The number of anilines is 1. The van der Waals surface area contributed by atoms with Gasteiger partial charge < -0.3 is 15.5 Å². The number of rotatable bonds is 5. The third kappa shape index (κ3) is 3.35. The zero-order valence-electron chi connectivity index (χ0n) is 8.97. The molecule has 7 heteroatoms. The number of thioether (sulfide) groups is 1. The molecule has 0 radical (unpaired) electrons. The van der Waals surface area contributed by atoms with E-state index in [1.807, 2.05) is 6.26 Å². The Morgan fingerprint density at radius 1 is 1.62 bits per heavy atom. The second kappa shape index (κ2) is 5.13. The average Bonchev–Trinajstić information content (AvgIpc) is 2.26. The van der Waals surface area contributed by atoms with Crippen LogP contribution in [0.3, 0.4) is 0 Å². The van der Waals surface area contributed by atoms with Crippen LogP contribution in [0.2, 0.25) is 0 Å². The quantitative estimate of drug-likeness (QED) is 0.646. The summed E-state index contributed by atoms with van der Waals surface area (Å²) in [4.78, 5) is 18.7. The van der Waals surface area contributed by atoms with Gasteiger partial charge in [-0.3, -0.25) is 4.98 Å². The van der Waals surface area contributed by atoms with Crippen molar-refractivity contribution in [3.63, 3.8) is 0 Å². The van der Waals surface area contributed by atoms with Crippen LogP contribution in [-0.4, -0.2) is 44.6 Å². The van der Waals surface area contributed by atoms with E-state index in [4.69, 9.17) is 5.11 Å². The third-order valence-electron chi connectivity index (χ3n) is 1.90. The van der Waals surface area contributed by atoms with Crippen molar-refractivity contribution < 1.29 is 15.0 Å². The number of nitrogens with one attached hydrogen (secondary N) is 1. The predicted molar refractivity (Wildman–Crippen MR) is 60.6 cm³/mol. The Hall–Kier alpha value is -1.34. The molecule has 3 N–H and O–H groups in total. The van der Waals surface area contributed by atoms with Gasteiger partial charge in [0.25, 0.3) is 0 Å². The van der Waals surface area contributed by atoms with Crippen molar-refractivity contribution in [3.8, 4) is 0 Å². The number of aliphatic carboxylic acids is 1. The standard InChI is InChI=1S/C9H13N3O3S/c1-9(15,8(13)14)5-11-6-3-10-4-7(12-6)16-2/h3-4,15H,5H2,1-2H3,(H,11,12)(H,13,14). The minimum atomic E-state index is -1.82. The second-order valence-corrected chi connectivity index (χ2v) is 4.21. The number of carboxylic acid groups (broad SMARTS) is 1. The molecule has 88 valence electrons. The molecular weight excluding hydrogens is 230 g/mol. The van der Waals surface area contributed by atoms with Crippen LogP contribution in [0.15, 0.2) is 17.4 Å². The Labute approximate surface area is 97.1 Å². The first-order valence-corrected chi connectivity index (χ1v) is 5.74. The van der Waals surface area contributed by atoms with Gasteiger partial charge in [0.1, 0.15) is 10.8 Å². The molecule has 0 aromatic carbocycles. The average molecular weight is 243 g/mol. The summed E-state index contributed by atoms with van der Waals surface area (Å²) in [5, 5.41) is 21.6. The van der Waals surface area contributed by atoms with Crippen LogP contribution in [0, 0.1) is 0 Å². The van der Waals surface area contributed by atoms with Gasteiger partial charge in [-0.05, 0) is 13.2 Å². The minimum absolute atomic E-state index is 0.130. The zero-order chi connectivity index (χ0) is 12.2. The fourth-order valence-electron chi connectivity index (χ4n) is 0.870. The highest BCUT2D eigenvalue weighted by Crippen LogP contribution is 2.13. The Kier molecular flexibility index (Phi) is 4.08.